The molecule has 0 amide bonds. The minimum absolute atomic E-state index is 0.146. The highest BCUT2D eigenvalue weighted by atomic mass is 32.2. The highest BCUT2D eigenvalue weighted by Gasteiger charge is 2.09. The van der Waals surface area contributed by atoms with Gasteiger partial charge < -0.3 is 9.73 Å². The molecule has 20 heavy (non-hydrogen) atoms. The molecule has 2 aromatic heterocycles. The summed E-state index contributed by atoms with van der Waals surface area (Å²) in [4.78, 5) is 4.07. The molecule has 0 radical (unpaired) electrons. The Balaban J connectivity index is 1.82. The molecule has 0 aliphatic rings. The lowest BCUT2D eigenvalue weighted by Crippen LogP contribution is -2.17. The summed E-state index contributed by atoms with van der Waals surface area (Å²) in [5.74, 6) is -0.866. The van der Waals surface area contributed by atoms with Gasteiger partial charge in [-0.25, -0.2) is 0 Å². The summed E-state index contributed by atoms with van der Waals surface area (Å²) in [6.07, 6.45) is 3.54. The zero-order valence-electron chi connectivity index (χ0n) is 11.1. The molecule has 0 saturated carbocycles. The lowest BCUT2D eigenvalue weighted by molar-refractivity contribution is 0.251. The summed E-state index contributed by atoms with van der Waals surface area (Å²) in [6, 6.07) is 7.58. The number of thioether (sulfide) groups is 1. The molecule has 0 saturated heterocycles. The molecule has 3 nitrogen and oxygen atoms in total. The van der Waals surface area contributed by atoms with Crippen LogP contribution in [0.15, 0.2) is 41.1 Å². The lowest BCUT2D eigenvalue weighted by Gasteiger charge is -2.12. The number of halogens is 2. The van der Waals surface area contributed by atoms with E-state index < -0.39 is 5.76 Å². The molecule has 0 unspecified atom stereocenters. The number of alkyl halides is 2. The van der Waals surface area contributed by atoms with Crippen molar-refractivity contribution in [2.45, 2.75) is 31.0 Å². The first kappa shape index (κ1) is 15.0. The molecule has 6 heteroatoms. The maximum Gasteiger partial charge on any atom is 0.284 e. The topological polar surface area (TPSA) is 38.1 Å². The third kappa shape index (κ3) is 4.61. The summed E-state index contributed by atoms with van der Waals surface area (Å²) < 4.78 is 29.6. The molecule has 0 aliphatic heterocycles. The van der Waals surface area contributed by atoms with Gasteiger partial charge >= 0.3 is 0 Å². The molecule has 1 N–H and O–H groups in total. The number of hydrogen-bond acceptors (Lipinski definition) is 4. The fourth-order valence-corrected chi connectivity index (χ4v) is 2.19. The predicted octanol–water partition coefficient (Wildman–Crippen LogP) is 3.98. The van der Waals surface area contributed by atoms with Gasteiger partial charge in [0, 0.05) is 18.4 Å². The van der Waals surface area contributed by atoms with E-state index in [-0.39, 0.29) is 11.8 Å². The predicted molar refractivity (Wildman–Crippen MR) is 75.5 cm³/mol. The normalized spacial score (nSPS) is 12.8. The van der Waals surface area contributed by atoms with E-state index in [0.717, 1.165) is 11.3 Å². The quantitative estimate of drug-likeness (QED) is 0.839. The van der Waals surface area contributed by atoms with Gasteiger partial charge in [0.2, 0.25) is 0 Å². The summed E-state index contributed by atoms with van der Waals surface area (Å²) in [7, 11) is 0. The molecule has 0 bridgehead atoms. The van der Waals surface area contributed by atoms with Crippen LogP contribution in [0.2, 0.25) is 0 Å². The second-order valence-electron chi connectivity index (χ2n) is 4.33. The van der Waals surface area contributed by atoms with Crippen molar-refractivity contribution >= 4 is 11.8 Å². The first-order valence-corrected chi connectivity index (χ1v) is 7.30. The Morgan fingerprint density at radius 3 is 2.80 bits per heavy atom. The largest absolute Gasteiger partial charge is 0.464 e. The first-order valence-electron chi connectivity index (χ1n) is 6.26. The third-order valence-corrected chi connectivity index (χ3v) is 3.54. The van der Waals surface area contributed by atoms with Crippen molar-refractivity contribution in [3.8, 4) is 0 Å². The van der Waals surface area contributed by atoms with Crippen LogP contribution in [0.4, 0.5) is 8.78 Å². The van der Waals surface area contributed by atoms with E-state index in [1.807, 2.05) is 31.3 Å². The Kier molecular flexibility index (Phi) is 5.55. The van der Waals surface area contributed by atoms with Crippen molar-refractivity contribution in [1.82, 2.24) is 10.3 Å². The minimum Gasteiger partial charge on any atom is -0.464 e. The number of pyridine rings is 1. The van der Waals surface area contributed by atoms with Gasteiger partial charge in [0.05, 0.1) is 12.3 Å². The zero-order chi connectivity index (χ0) is 14.4. The smallest absolute Gasteiger partial charge is 0.284 e. The Bertz CT molecular complexity index is 519. The van der Waals surface area contributed by atoms with Crippen LogP contribution < -0.4 is 5.32 Å². The number of nitrogens with zero attached hydrogens (tertiary/aromatic N) is 1. The second kappa shape index (κ2) is 7.40. The van der Waals surface area contributed by atoms with Gasteiger partial charge in [-0.1, -0.05) is 17.8 Å². The Labute approximate surface area is 120 Å². The van der Waals surface area contributed by atoms with Crippen molar-refractivity contribution < 1.29 is 13.2 Å². The van der Waals surface area contributed by atoms with E-state index in [1.165, 1.54) is 0 Å². The Morgan fingerprint density at radius 1 is 1.30 bits per heavy atom. The van der Waals surface area contributed by atoms with Gasteiger partial charge in [-0.2, -0.15) is 8.78 Å². The van der Waals surface area contributed by atoms with E-state index in [1.54, 1.807) is 12.3 Å². The van der Waals surface area contributed by atoms with Gasteiger partial charge in [-0.05, 0) is 30.7 Å². The van der Waals surface area contributed by atoms with Crippen LogP contribution in [-0.4, -0.2) is 10.7 Å². The maximum absolute atomic E-state index is 12.1. The Morgan fingerprint density at radius 2 is 2.10 bits per heavy atom. The van der Waals surface area contributed by atoms with Gasteiger partial charge in [-0.3, -0.25) is 4.98 Å². The SMILES string of the molecule is C[C@@H](NCc1ccc(CSC(F)F)o1)c1cccnc1. The fourth-order valence-electron chi connectivity index (χ4n) is 1.74. The minimum atomic E-state index is -2.37. The second-order valence-corrected chi connectivity index (χ2v) is 5.31. The van der Waals surface area contributed by atoms with E-state index >= 15 is 0 Å². The highest BCUT2D eigenvalue weighted by molar-refractivity contribution is 7.98. The molecule has 2 aromatic rings. The third-order valence-electron chi connectivity index (χ3n) is 2.84. The van der Waals surface area contributed by atoms with Crippen molar-refractivity contribution in [2.24, 2.45) is 0 Å². The van der Waals surface area contributed by atoms with Gasteiger partial charge in [0.15, 0.2) is 0 Å². The first-order chi connectivity index (χ1) is 9.65. The monoisotopic (exact) mass is 298 g/mol. The van der Waals surface area contributed by atoms with E-state index in [4.69, 9.17) is 4.42 Å². The van der Waals surface area contributed by atoms with Crippen molar-refractivity contribution in [3.63, 3.8) is 0 Å². The Hall–Kier alpha value is -1.40. The number of furan rings is 1. The fraction of sp³-hybridized carbons (Fsp3) is 0.357. The van der Waals surface area contributed by atoms with Crippen molar-refractivity contribution in [1.29, 1.82) is 0 Å². The van der Waals surface area contributed by atoms with Crippen LogP contribution in [0.5, 0.6) is 0 Å². The van der Waals surface area contributed by atoms with Gasteiger partial charge in [0.1, 0.15) is 11.5 Å². The summed E-state index contributed by atoms with van der Waals surface area (Å²) in [5, 5.41) is 3.30. The molecule has 1 atom stereocenters. The van der Waals surface area contributed by atoms with Crippen LogP contribution in [0.3, 0.4) is 0 Å². The molecule has 0 aliphatic carbocycles. The molecule has 2 heterocycles. The van der Waals surface area contributed by atoms with E-state index in [9.17, 15) is 8.78 Å². The van der Waals surface area contributed by atoms with Crippen LogP contribution in [0, 0.1) is 0 Å². The maximum atomic E-state index is 12.1. The average Bonchev–Trinajstić information content (AvgIpc) is 2.91. The van der Waals surface area contributed by atoms with E-state index in [2.05, 4.69) is 10.3 Å². The molecule has 0 aromatic carbocycles. The van der Waals surface area contributed by atoms with E-state index in [0.29, 0.717) is 24.1 Å². The number of rotatable bonds is 7. The summed E-state index contributed by atoms with van der Waals surface area (Å²) in [5.41, 5.74) is 1.09. The van der Waals surface area contributed by atoms with Crippen LogP contribution in [-0.2, 0) is 12.3 Å². The molecular formula is C14H16F2N2OS. The number of hydrogen-bond donors (Lipinski definition) is 1. The molecule has 0 fully saturated rings. The van der Waals surface area contributed by atoms with Crippen LogP contribution in [0.25, 0.3) is 0 Å². The van der Waals surface area contributed by atoms with Crippen LogP contribution >= 0.6 is 11.8 Å². The molecule has 0 spiro atoms. The number of nitrogens with one attached hydrogen (secondary N) is 1. The summed E-state index contributed by atoms with van der Waals surface area (Å²) in [6.45, 7) is 2.59. The lowest BCUT2D eigenvalue weighted by atomic mass is 10.1. The average molecular weight is 298 g/mol. The van der Waals surface area contributed by atoms with Crippen molar-refractivity contribution in [2.75, 3.05) is 0 Å². The van der Waals surface area contributed by atoms with Gasteiger partial charge in [-0.15, -0.1) is 0 Å². The standard InChI is InChI=1S/C14H16F2N2OS/c1-10(11-3-2-6-17-7-11)18-8-12-4-5-13(19-12)9-20-14(15)16/h2-7,10,14,18H,8-9H2,1H3/t10-/m1/s1. The molecule has 108 valence electrons. The molecule has 2 rings (SSSR count). The zero-order valence-corrected chi connectivity index (χ0v) is 11.9. The van der Waals surface area contributed by atoms with Gasteiger partial charge in [0.25, 0.3) is 5.76 Å². The van der Waals surface area contributed by atoms with Crippen LogP contribution in [0.1, 0.15) is 30.0 Å². The summed E-state index contributed by atoms with van der Waals surface area (Å²) >= 11 is 0.563. The number of aromatic nitrogens is 1. The van der Waals surface area contributed by atoms with Crippen molar-refractivity contribution in [3.05, 3.63) is 53.7 Å². The highest BCUT2D eigenvalue weighted by Crippen LogP contribution is 2.21. The molecular weight excluding hydrogens is 282 g/mol.